The first-order chi connectivity index (χ1) is 15.1. The average Bonchev–Trinajstić information content (AvgIpc) is 2.73. The number of ketones is 1. The molecule has 1 amide bonds. The van der Waals surface area contributed by atoms with Crippen LogP contribution >= 0.6 is 9.39 Å². The van der Waals surface area contributed by atoms with Gasteiger partial charge in [0.1, 0.15) is 5.78 Å². The summed E-state index contributed by atoms with van der Waals surface area (Å²) in [4.78, 5) is 31.5. The van der Waals surface area contributed by atoms with Crippen LogP contribution in [0.5, 0.6) is 0 Å². The van der Waals surface area contributed by atoms with E-state index in [4.69, 9.17) is 9.90 Å². The minimum absolute atomic E-state index is 0.167. The third-order valence-corrected chi connectivity index (χ3v) is 5.18. The highest BCUT2D eigenvalue weighted by atomic mass is 31.0. The number of carboxylic acid groups (broad SMARTS) is 1. The highest BCUT2D eigenvalue weighted by molar-refractivity contribution is 7.13. The molecule has 0 radical (unpaired) electrons. The molecule has 1 unspecified atom stereocenters. The highest BCUT2D eigenvalue weighted by Crippen LogP contribution is 2.20. The summed E-state index contributed by atoms with van der Waals surface area (Å²) in [5.74, 6) is -0.491. The fraction of sp³-hybridized carbons (Fsp3) is 0.400. The molecule has 2 heterocycles. The topological polar surface area (TPSA) is 77.9 Å². The molecule has 2 aliphatic heterocycles. The van der Waals surface area contributed by atoms with E-state index in [1.54, 1.807) is 6.92 Å². The van der Waals surface area contributed by atoms with E-state index in [2.05, 4.69) is 56.5 Å². The molecule has 32 heavy (non-hydrogen) atoms. The fourth-order valence-corrected chi connectivity index (χ4v) is 3.61. The summed E-state index contributed by atoms with van der Waals surface area (Å²) in [5, 5.41) is 7.42. The Morgan fingerprint density at radius 1 is 0.750 bits per heavy atom. The SMILES string of the molecule is CC(=O)N1CCc2ccccc2C1.CC(=O)O.CC(C)=O.PN1CCc2ccccc2C1. The van der Waals surface area contributed by atoms with Gasteiger partial charge in [-0.3, -0.25) is 14.3 Å². The van der Waals surface area contributed by atoms with Crippen molar-refractivity contribution in [2.75, 3.05) is 13.1 Å². The van der Waals surface area contributed by atoms with E-state index in [-0.39, 0.29) is 11.7 Å². The van der Waals surface area contributed by atoms with Gasteiger partial charge in [0.05, 0.1) is 0 Å². The van der Waals surface area contributed by atoms with Gasteiger partial charge < -0.3 is 14.8 Å². The zero-order valence-corrected chi connectivity index (χ0v) is 20.7. The average molecular weight is 459 g/mol. The molecule has 2 aromatic rings. The van der Waals surface area contributed by atoms with E-state index in [0.717, 1.165) is 33.0 Å². The van der Waals surface area contributed by atoms with Crippen LogP contribution in [0, 0.1) is 0 Å². The molecule has 7 heteroatoms. The van der Waals surface area contributed by atoms with Gasteiger partial charge in [0.2, 0.25) is 5.91 Å². The molecule has 0 fully saturated rings. The molecule has 2 aromatic carbocycles. The van der Waals surface area contributed by atoms with Crippen LogP contribution < -0.4 is 0 Å². The van der Waals surface area contributed by atoms with Crippen LogP contribution in [-0.2, 0) is 40.3 Å². The zero-order chi connectivity index (χ0) is 24.1. The van der Waals surface area contributed by atoms with Crippen molar-refractivity contribution < 1.29 is 19.5 Å². The maximum absolute atomic E-state index is 11.1. The third kappa shape index (κ3) is 11.2. The van der Waals surface area contributed by atoms with Gasteiger partial charge in [0, 0.05) is 40.0 Å². The Hall–Kier alpha value is -2.56. The van der Waals surface area contributed by atoms with E-state index in [0.29, 0.717) is 0 Å². The van der Waals surface area contributed by atoms with Crippen LogP contribution in [0.2, 0.25) is 0 Å². The summed E-state index contributed by atoms with van der Waals surface area (Å²) >= 11 is 0. The number of amides is 1. The van der Waals surface area contributed by atoms with E-state index >= 15 is 0 Å². The summed E-state index contributed by atoms with van der Waals surface area (Å²) in [6.45, 7) is 9.67. The quantitative estimate of drug-likeness (QED) is 0.601. The minimum atomic E-state index is -0.833. The predicted octanol–water partition coefficient (Wildman–Crippen LogP) is 4.11. The zero-order valence-electron chi connectivity index (χ0n) is 19.5. The number of benzene rings is 2. The maximum Gasteiger partial charge on any atom is 0.300 e. The first-order valence-corrected chi connectivity index (χ1v) is 11.2. The van der Waals surface area contributed by atoms with Crippen LogP contribution in [-0.4, -0.2) is 45.4 Å². The Kier molecular flexibility index (Phi) is 12.4. The smallest absolute Gasteiger partial charge is 0.300 e. The van der Waals surface area contributed by atoms with E-state index in [1.165, 1.54) is 49.1 Å². The second-order valence-corrected chi connectivity index (χ2v) is 8.61. The standard InChI is InChI=1S/C11H13NO.C9H12NP.C3H6O.C2H4O2/c1-9(13)12-7-6-10-4-2-3-5-11(10)8-12;11-10-6-5-8-3-1-2-4-9(8)7-10;1-3(2)4;1-2(3)4/h2-5H,6-8H2,1H3;1-4H,5-7,11H2;1-2H3;1H3,(H,3,4). The fourth-order valence-electron chi connectivity index (χ4n) is 3.28. The molecule has 0 spiro atoms. The van der Waals surface area contributed by atoms with Crippen LogP contribution in [0.25, 0.3) is 0 Å². The van der Waals surface area contributed by atoms with Gasteiger partial charge in [0.15, 0.2) is 0 Å². The number of hydrogen-bond acceptors (Lipinski definition) is 4. The monoisotopic (exact) mass is 458 g/mol. The van der Waals surface area contributed by atoms with Crippen molar-refractivity contribution in [2.45, 2.75) is 53.6 Å². The molecule has 6 nitrogen and oxygen atoms in total. The summed E-state index contributed by atoms with van der Waals surface area (Å²) in [6, 6.07) is 17.0. The second kappa shape index (κ2) is 14.5. The Labute approximate surface area is 193 Å². The van der Waals surface area contributed by atoms with Gasteiger partial charge >= 0.3 is 0 Å². The number of Topliss-reactive ketones (excluding diaryl/α,β-unsaturated/α-hetero) is 1. The lowest BCUT2D eigenvalue weighted by atomic mass is 10.00. The van der Waals surface area contributed by atoms with Gasteiger partial charge in [0.25, 0.3) is 5.97 Å². The lowest BCUT2D eigenvalue weighted by Gasteiger charge is -2.27. The van der Waals surface area contributed by atoms with Crippen molar-refractivity contribution in [1.82, 2.24) is 9.57 Å². The number of carboxylic acids is 1. The highest BCUT2D eigenvalue weighted by Gasteiger charge is 2.16. The molecule has 4 rings (SSSR count). The number of hydrogen-bond donors (Lipinski definition) is 1. The largest absolute Gasteiger partial charge is 0.481 e. The first kappa shape index (κ1) is 27.5. The Balaban J connectivity index is 0.000000244. The molecule has 174 valence electrons. The van der Waals surface area contributed by atoms with Crippen molar-refractivity contribution in [2.24, 2.45) is 0 Å². The molecule has 0 saturated carbocycles. The maximum atomic E-state index is 11.1. The Bertz CT molecular complexity index is 881. The number of carbonyl (C=O) groups is 3. The van der Waals surface area contributed by atoms with Crippen molar-refractivity contribution >= 4 is 27.1 Å². The molecule has 0 aliphatic carbocycles. The molecule has 0 bridgehead atoms. The van der Waals surface area contributed by atoms with Gasteiger partial charge in [-0.1, -0.05) is 57.9 Å². The van der Waals surface area contributed by atoms with Crippen molar-refractivity contribution in [1.29, 1.82) is 0 Å². The molecular weight excluding hydrogens is 423 g/mol. The molecular formula is C25H35N2O4P. The van der Waals surface area contributed by atoms with E-state index in [1.807, 2.05) is 11.0 Å². The van der Waals surface area contributed by atoms with Crippen molar-refractivity contribution in [3.8, 4) is 0 Å². The van der Waals surface area contributed by atoms with Crippen molar-refractivity contribution in [3.63, 3.8) is 0 Å². The van der Waals surface area contributed by atoms with Gasteiger partial charge in [-0.25, -0.2) is 0 Å². The van der Waals surface area contributed by atoms with Crippen LogP contribution in [0.15, 0.2) is 48.5 Å². The van der Waals surface area contributed by atoms with Crippen LogP contribution in [0.1, 0.15) is 49.9 Å². The second-order valence-electron chi connectivity index (χ2n) is 7.88. The Morgan fingerprint density at radius 2 is 1.12 bits per heavy atom. The molecule has 2 aliphatic rings. The van der Waals surface area contributed by atoms with Gasteiger partial charge in [-0.05, 0) is 48.9 Å². The first-order valence-electron chi connectivity index (χ1n) is 10.7. The van der Waals surface area contributed by atoms with Crippen molar-refractivity contribution in [3.05, 3.63) is 70.8 Å². The van der Waals surface area contributed by atoms with Gasteiger partial charge in [-0.2, -0.15) is 0 Å². The molecule has 0 aromatic heterocycles. The normalized spacial score (nSPS) is 14.0. The van der Waals surface area contributed by atoms with E-state index in [9.17, 15) is 9.59 Å². The molecule has 1 atom stereocenters. The minimum Gasteiger partial charge on any atom is -0.481 e. The summed E-state index contributed by atoms with van der Waals surface area (Å²) < 4.78 is 2.28. The number of carbonyl (C=O) groups excluding carboxylic acids is 2. The number of rotatable bonds is 0. The number of nitrogens with zero attached hydrogens (tertiary/aromatic N) is 2. The summed E-state index contributed by atoms with van der Waals surface area (Å²) in [7, 11) is 2.76. The lowest BCUT2D eigenvalue weighted by Crippen LogP contribution is -2.34. The Morgan fingerprint density at radius 3 is 1.56 bits per heavy atom. The van der Waals surface area contributed by atoms with Crippen LogP contribution in [0.3, 0.4) is 0 Å². The number of fused-ring (bicyclic) bond motifs is 2. The summed E-state index contributed by atoms with van der Waals surface area (Å²) in [5.41, 5.74) is 5.68. The third-order valence-electron chi connectivity index (χ3n) is 4.74. The van der Waals surface area contributed by atoms with Crippen LogP contribution in [0.4, 0.5) is 0 Å². The lowest BCUT2D eigenvalue weighted by molar-refractivity contribution is -0.134. The number of aliphatic carboxylic acids is 1. The predicted molar refractivity (Wildman–Crippen MR) is 131 cm³/mol. The van der Waals surface area contributed by atoms with E-state index < -0.39 is 5.97 Å². The molecule has 1 N–H and O–H groups in total. The van der Waals surface area contributed by atoms with Gasteiger partial charge in [-0.15, -0.1) is 0 Å². The summed E-state index contributed by atoms with van der Waals surface area (Å²) in [6.07, 6.45) is 2.19. The molecule has 0 saturated heterocycles.